The minimum atomic E-state index is 0.0752. The van der Waals surface area contributed by atoms with E-state index in [4.69, 9.17) is 0 Å². The molecule has 1 saturated heterocycles. The van der Waals surface area contributed by atoms with Gasteiger partial charge >= 0.3 is 0 Å². The molecule has 0 unspecified atom stereocenters. The second-order valence-electron chi connectivity index (χ2n) is 5.88. The van der Waals surface area contributed by atoms with Gasteiger partial charge in [-0.05, 0) is 31.0 Å². The van der Waals surface area contributed by atoms with Gasteiger partial charge in [-0.1, -0.05) is 6.07 Å². The molecular weight excluding hydrogens is 322 g/mol. The number of thiazole rings is 1. The van der Waals surface area contributed by atoms with Crippen molar-refractivity contribution < 1.29 is 4.79 Å². The lowest BCUT2D eigenvalue weighted by atomic mass is 9.98. The first-order valence-corrected chi connectivity index (χ1v) is 8.83. The Hall–Kier alpha value is -2.54. The molecule has 0 spiro atoms. The molecule has 24 heavy (non-hydrogen) atoms. The van der Waals surface area contributed by atoms with E-state index in [0.717, 1.165) is 36.6 Å². The Labute approximate surface area is 143 Å². The Morgan fingerprint density at radius 3 is 2.92 bits per heavy atom. The summed E-state index contributed by atoms with van der Waals surface area (Å²) in [6.07, 6.45) is 7.20. The third kappa shape index (κ3) is 2.94. The van der Waals surface area contributed by atoms with Crippen LogP contribution in [0.25, 0.3) is 5.69 Å². The largest absolute Gasteiger partial charge is 0.338 e. The number of aromatic nitrogens is 4. The highest BCUT2D eigenvalue weighted by atomic mass is 32.1. The minimum absolute atomic E-state index is 0.0752. The van der Waals surface area contributed by atoms with Gasteiger partial charge in [0.1, 0.15) is 12.7 Å². The fraction of sp³-hybridized carbons (Fsp3) is 0.294. The zero-order valence-corrected chi connectivity index (χ0v) is 13.9. The van der Waals surface area contributed by atoms with Crippen LogP contribution in [0.5, 0.6) is 0 Å². The molecule has 1 aliphatic heterocycles. The summed E-state index contributed by atoms with van der Waals surface area (Å²) in [7, 11) is 0. The summed E-state index contributed by atoms with van der Waals surface area (Å²) in [6, 6.07) is 7.58. The summed E-state index contributed by atoms with van der Waals surface area (Å²) in [5.74, 6) is 0.426. The summed E-state index contributed by atoms with van der Waals surface area (Å²) in [6.45, 7) is 1.54. The number of nitrogens with zero attached hydrogens (tertiary/aromatic N) is 5. The summed E-state index contributed by atoms with van der Waals surface area (Å²) in [5, 5.41) is 10.8. The molecule has 0 aliphatic carbocycles. The molecule has 1 amide bonds. The zero-order chi connectivity index (χ0) is 16.4. The quantitative estimate of drug-likeness (QED) is 0.736. The smallest absolute Gasteiger partial charge is 0.253 e. The molecule has 3 aromatic rings. The normalized spacial score (nSPS) is 17.8. The van der Waals surface area contributed by atoms with E-state index in [1.54, 1.807) is 28.6 Å². The molecule has 2 aromatic heterocycles. The highest BCUT2D eigenvalue weighted by Gasteiger charge is 2.26. The van der Waals surface area contributed by atoms with Crippen molar-refractivity contribution in [3.8, 4) is 5.69 Å². The maximum atomic E-state index is 12.9. The SMILES string of the molecule is O=C(c1cccc(-n2cnnc2)c1)N1CCC[C@@H](c2nccs2)C1. The first-order valence-electron chi connectivity index (χ1n) is 7.95. The molecule has 0 radical (unpaired) electrons. The molecule has 0 N–H and O–H groups in total. The first-order chi connectivity index (χ1) is 11.8. The van der Waals surface area contributed by atoms with Crippen LogP contribution in [0.1, 0.15) is 34.1 Å². The Morgan fingerprint density at radius 2 is 2.12 bits per heavy atom. The topological polar surface area (TPSA) is 63.9 Å². The number of hydrogen-bond donors (Lipinski definition) is 0. The van der Waals surface area contributed by atoms with Crippen molar-refractivity contribution in [3.05, 3.63) is 59.1 Å². The second-order valence-corrected chi connectivity index (χ2v) is 6.81. The average molecular weight is 339 g/mol. The minimum Gasteiger partial charge on any atom is -0.338 e. The number of piperidine rings is 1. The van der Waals surface area contributed by atoms with Crippen LogP contribution in [0.15, 0.2) is 48.5 Å². The van der Waals surface area contributed by atoms with Crippen LogP contribution in [0.3, 0.4) is 0 Å². The summed E-state index contributed by atoms with van der Waals surface area (Å²) in [4.78, 5) is 19.3. The summed E-state index contributed by atoms with van der Waals surface area (Å²) >= 11 is 1.67. The molecule has 4 rings (SSSR count). The van der Waals surface area contributed by atoms with E-state index in [1.165, 1.54) is 0 Å². The van der Waals surface area contributed by atoms with Crippen LogP contribution in [-0.2, 0) is 0 Å². The lowest BCUT2D eigenvalue weighted by Crippen LogP contribution is -2.39. The number of amides is 1. The van der Waals surface area contributed by atoms with Gasteiger partial charge in [0.2, 0.25) is 0 Å². The lowest BCUT2D eigenvalue weighted by Gasteiger charge is -2.32. The molecule has 122 valence electrons. The van der Waals surface area contributed by atoms with Crippen LogP contribution >= 0.6 is 11.3 Å². The molecule has 0 bridgehead atoms. The van der Waals surface area contributed by atoms with E-state index >= 15 is 0 Å². The maximum Gasteiger partial charge on any atom is 0.253 e. The second kappa shape index (κ2) is 6.52. The van der Waals surface area contributed by atoms with E-state index in [-0.39, 0.29) is 5.91 Å². The molecule has 1 fully saturated rings. The van der Waals surface area contributed by atoms with Gasteiger partial charge in [0, 0.05) is 41.8 Å². The van der Waals surface area contributed by atoms with Gasteiger partial charge in [-0.3, -0.25) is 9.36 Å². The van der Waals surface area contributed by atoms with Gasteiger partial charge in [0.25, 0.3) is 5.91 Å². The Morgan fingerprint density at radius 1 is 1.25 bits per heavy atom. The van der Waals surface area contributed by atoms with Crippen LogP contribution < -0.4 is 0 Å². The molecular formula is C17H17N5OS. The Balaban J connectivity index is 1.54. The standard InChI is InChI=1S/C17H17N5OS/c23-17(13-3-1-5-15(9-13)22-11-19-20-12-22)21-7-2-4-14(10-21)16-18-6-8-24-16/h1,3,5-6,8-9,11-12,14H,2,4,7,10H2/t14-/m1/s1. The monoisotopic (exact) mass is 339 g/mol. The number of benzene rings is 1. The van der Waals surface area contributed by atoms with Crippen LogP contribution in [0.4, 0.5) is 0 Å². The van der Waals surface area contributed by atoms with E-state index in [9.17, 15) is 4.79 Å². The number of carbonyl (C=O) groups excluding carboxylic acids is 1. The first kappa shape index (κ1) is 15.0. The lowest BCUT2D eigenvalue weighted by molar-refractivity contribution is 0.0707. The van der Waals surface area contributed by atoms with E-state index in [2.05, 4.69) is 15.2 Å². The van der Waals surface area contributed by atoms with Gasteiger partial charge in [-0.2, -0.15) is 0 Å². The van der Waals surface area contributed by atoms with Crippen molar-refractivity contribution in [1.82, 2.24) is 24.6 Å². The highest BCUT2D eigenvalue weighted by Crippen LogP contribution is 2.29. The van der Waals surface area contributed by atoms with E-state index in [1.807, 2.05) is 40.7 Å². The van der Waals surface area contributed by atoms with E-state index in [0.29, 0.717) is 11.5 Å². The molecule has 1 atom stereocenters. The van der Waals surface area contributed by atoms with Crippen LogP contribution in [0, 0.1) is 0 Å². The van der Waals surface area contributed by atoms with Gasteiger partial charge < -0.3 is 4.90 Å². The maximum absolute atomic E-state index is 12.9. The Bertz CT molecular complexity index is 815. The van der Waals surface area contributed by atoms with Gasteiger partial charge in [-0.15, -0.1) is 21.5 Å². The number of hydrogen-bond acceptors (Lipinski definition) is 5. The predicted molar refractivity (Wildman–Crippen MR) is 91.4 cm³/mol. The van der Waals surface area contributed by atoms with Crippen LogP contribution in [-0.4, -0.2) is 43.6 Å². The summed E-state index contributed by atoms with van der Waals surface area (Å²) < 4.78 is 1.80. The Kier molecular flexibility index (Phi) is 4.08. The zero-order valence-electron chi connectivity index (χ0n) is 13.1. The van der Waals surface area contributed by atoms with Crippen LogP contribution in [0.2, 0.25) is 0 Å². The van der Waals surface area contributed by atoms with E-state index < -0.39 is 0 Å². The third-order valence-electron chi connectivity index (χ3n) is 4.32. The van der Waals surface area contributed by atoms with Crippen molar-refractivity contribution in [2.75, 3.05) is 13.1 Å². The third-order valence-corrected chi connectivity index (χ3v) is 5.26. The molecule has 0 saturated carbocycles. The van der Waals surface area contributed by atoms with Gasteiger partial charge in [0.05, 0.1) is 5.01 Å². The average Bonchev–Trinajstić information content (AvgIpc) is 3.35. The molecule has 3 heterocycles. The van der Waals surface area contributed by atoms with Crippen molar-refractivity contribution in [2.45, 2.75) is 18.8 Å². The predicted octanol–water partition coefficient (Wildman–Crippen LogP) is 2.74. The number of carbonyl (C=O) groups is 1. The van der Waals surface area contributed by atoms with Crippen molar-refractivity contribution >= 4 is 17.2 Å². The highest BCUT2D eigenvalue weighted by molar-refractivity contribution is 7.09. The fourth-order valence-electron chi connectivity index (χ4n) is 3.12. The number of likely N-dealkylation sites (tertiary alicyclic amines) is 1. The van der Waals surface area contributed by atoms with Crippen molar-refractivity contribution in [3.63, 3.8) is 0 Å². The fourth-order valence-corrected chi connectivity index (χ4v) is 3.88. The van der Waals surface area contributed by atoms with Crippen molar-refractivity contribution in [2.24, 2.45) is 0 Å². The van der Waals surface area contributed by atoms with Gasteiger partial charge in [0.15, 0.2) is 0 Å². The van der Waals surface area contributed by atoms with Gasteiger partial charge in [-0.25, -0.2) is 4.98 Å². The molecule has 1 aromatic carbocycles. The molecule has 7 heteroatoms. The summed E-state index contributed by atoms with van der Waals surface area (Å²) in [5.41, 5.74) is 1.58. The van der Waals surface area contributed by atoms with Crippen molar-refractivity contribution in [1.29, 1.82) is 0 Å². The molecule has 1 aliphatic rings. The molecule has 6 nitrogen and oxygen atoms in total. The number of rotatable bonds is 3.